The molecule has 0 bridgehead atoms. The van der Waals surface area contributed by atoms with Crippen molar-refractivity contribution in [2.24, 2.45) is 5.92 Å². The highest BCUT2D eigenvalue weighted by Crippen LogP contribution is 2.16. The number of aryl methyl sites for hydroxylation is 1. The molecule has 90 valence electrons. The van der Waals surface area contributed by atoms with E-state index >= 15 is 0 Å². The van der Waals surface area contributed by atoms with Gasteiger partial charge < -0.3 is 10.1 Å². The summed E-state index contributed by atoms with van der Waals surface area (Å²) in [6, 6.07) is 6.87. The average Bonchev–Trinajstić information content (AvgIpc) is 2.24. The Morgan fingerprint density at radius 2 is 1.88 bits per heavy atom. The van der Waals surface area contributed by atoms with Gasteiger partial charge in [-0.2, -0.15) is 0 Å². The Hall–Kier alpha value is -1.02. The van der Waals surface area contributed by atoms with Crippen LogP contribution >= 0.6 is 0 Å². The Labute approximate surface area is 99.0 Å². The first-order valence-electron chi connectivity index (χ1n) is 5.91. The normalized spacial score (nSPS) is 12.9. The van der Waals surface area contributed by atoms with E-state index in [1.54, 1.807) is 7.11 Å². The van der Waals surface area contributed by atoms with Gasteiger partial charge in [0, 0.05) is 12.6 Å². The predicted molar refractivity (Wildman–Crippen MR) is 68.9 cm³/mol. The van der Waals surface area contributed by atoms with Gasteiger partial charge in [-0.3, -0.25) is 0 Å². The van der Waals surface area contributed by atoms with Gasteiger partial charge in [0.05, 0.1) is 7.11 Å². The van der Waals surface area contributed by atoms with Gasteiger partial charge in [-0.1, -0.05) is 19.9 Å². The predicted octanol–water partition coefficient (Wildman–Crippen LogP) is 3.14. The molecular weight excluding hydrogens is 198 g/mol. The maximum Gasteiger partial charge on any atom is 0.119 e. The number of hydrogen-bond donors (Lipinski definition) is 1. The first-order chi connectivity index (χ1) is 7.52. The average molecular weight is 221 g/mol. The molecule has 2 heteroatoms. The molecule has 0 spiro atoms. The number of rotatable bonds is 5. The Balaban J connectivity index is 2.63. The van der Waals surface area contributed by atoms with Crippen molar-refractivity contribution in [3.05, 3.63) is 29.3 Å². The van der Waals surface area contributed by atoms with Gasteiger partial charge in [0.15, 0.2) is 0 Å². The smallest absolute Gasteiger partial charge is 0.119 e. The molecule has 0 fully saturated rings. The molecule has 0 aliphatic heterocycles. The summed E-state index contributed by atoms with van der Waals surface area (Å²) in [6.07, 6.45) is 0. The highest BCUT2D eigenvalue weighted by molar-refractivity contribution is 5.33. The molecule has 2 nitrogen and oxygen atoms in total. The second kappa shape index (κ2) is 5.90. The molecule has 1 unspecified atom stereocenters. The zero-order chi connectivity index (χ0) is 12.1. The summed E-state index contributed by atoms with van der Waals surface area (Å²) in [5.74, 6) is 1.60. The largest absolute Gasteiger partial charge is 0.497 e. The molecule has 0 heterocycles. The van der Waals surface area contributed by atoms with E-state index in [0.29, 0.717) is 12.0 Å². The van der Waals surface area contributed by atoms with Crippen molar-refractivity contribution >= 4 is 0 Å². The minimum atomic E-state index is 0.534. The second-order valence-corrected chi connectivity index (χ2v) is 4.77. The quantitative estimate of drug-likeness (QED) is 0.824. The van der Waals surface area contributed by atoms with Gasteiger partial charge in [-0.15, -0.1) is 0 Å². The zero-order valence-corrected chi connectivity index (χ0v) is 11.0. The molecule has 1 aromatic carbocycles. The summed E-state index contributed by atoms with van der Waals surface area (Å²) in [5, 5.41) is 3.52. The number of nitrogens with one attached hydrogen (secondary N) is 1. The van der Waals surface area contributed by atoms with Crippen LogP contribution in [-0.2, 0) is 6.54 Å². The molecule has 0 radical (unpaired) electrons. The summed E-state index contributed by atoms with van der Waals surface area (Å²) in [4.78, 5) is 0. The molecule has 0 aliphatic carbocycles. The molecule has 1 rings (SSSR count). The van der Waals surface area contributed by atoms with E-state index in [-0.39, 0.29) is 0 Å². The van der Waals surface area contributed by atoms with E-state index in [0.717, 1.165) is 12.3 Å². The lowest BCUT2D eigenvalue weighted by atomic mass is 10.1. The first-order valence-corrected chi connectivity index (χ1v) is 5.91. The van der Waals surface area contributed by atoms with Crippen molar-refractivity contribution in [2.45, 2.75) is 40.3 Å². The van der Waals surface area contributed by atoms with Crippen LogP contribution in [0, 0.1) is 12.8 Å². The fraction of sp³-hybridized carbons (Fsp3) is 0.571. The Morgan fingerprint density at radius 1 is 1.19 bits per heavy atom. The third-order valence-corrected chi connectivity index (χ3v) is 2.97. The van der Waals surface area contributed by atoms with E-state index in [1.165, 1.54) is 11.1 Å². The Bertz CT molecular complexity index is 334. The van der Waals surface area contributed by atoms with Gasteiger partial charge in [0.25, 0.3) is 0 Å². The highest BCUT2D eigenvalue weighted by Gasteiger charge is 2.06. The zero-order valence-electron chi connectivity index (χ0n) is 11.0. The van der Waals surface area contributed by atoms with Gasteiger partial charge >= 0.3 is 0 Å². The van der Waals surface area contributed by atoms with Crippen LogP contribution in [0.5, 0.6) is 5.75 Å². The van der Waals surface area contributed by atoms with Crippen LogP contribution in [0.1, 0.15) is 31.9 Å². The molecule has 1 N–H and O–H groups in total. The Kier molecular flexibility index (Phi) is 4.81. The lowest BCUT2D eigenvalue weighted by molar-refractivity contribution is 0.410. The SMILES string of the molecule is COc1cc(C)cc(CNC(C)C(C)C)c1. The molecule has 1 aromatic rings. The summed E-state index contributed by atoms with van der Waals surface area (Å²) in [5.41, 5.74) is 2.53. The summed E-state index contributed by atoms with van der Waals surface area (Å²) in [6.45, 7) is 9.68. The number of benzene rings is 1. The topological polar surface area (TPSA) is 21.3 Å². The summed E-state index contributed by atoms with van der Waals surface area (Å²) in [7, 11) is 1.71. The van der Waals surface area contributed by atoms with E-state index < -0.39 is 0 Å². The fourth-order valence-corrected chi connectivity index (χ4v) is 1.56. The van der Waals surface area contributed by atoms with Crippen LogP contribution in [0.25, 0.3) is 0 Å². The lowest BCUT2D eigenvalue weighted by Crippen LogP contribution is -2.30. The van der Waals surface area contributed by atoms with E-state index in [1.807, 2.05) is 0 Å². The third kappa shape index (κ3) is 3.86. The molecular formula is C14H23NO. The van der Waals surface area contributed by atoms with E-state index in [2.05, 4.69) is 51.2 Å². The second-order valence-electron chi connectivity index (χ2n) is 4.77. The number of hydrogen-bond acceptors (Lipinski definition) is 2. The minimum Gasteiger partial charge on any atom is -0.497 e. The van der Waals surface area contributed by atoms with Crippen molar-refractivity contribution in [1.29, 1.82) is 0 Å². The third-order valence-electron chi connectivity index (χ3n) is 2.97. The molecule has 0 amide bonds. The standard InChI is InChI=1S/C14H23NO/c1-10(2)12(4)15-9-13-6-11(3)7-14(8-13)16-5/h6-8,10,12,15H,9H2,1-5H3. The van der Waals surface area contributed by atoms with Crippen molar-refractivity contribution < 1.29 is 4.74 Å². The molecule has 0 aliphatic rings. The maximum absolute atomic E-state index is 5.26. The Morgan fingerprint density at radius 3 is 2.44 bits per heavy atom. The van der Waals surface area contributed by atoms with E-state index in [4.69, 9.17) is 4.74 Å². The van der Waals surface area contributed by atoms with Crippen LogP contribution in [0.4, 0.5) is 0 Å². The van der Waals surface area contributed by atoms with Gasteiger partial charge in [0.2, 0.25) is 0 Å². The van der Waals surface area contributed by atoms with Crippen LogP contribution in [-0.4, -0.2) is 13.2 Å². The lowest BCUT2D eigenvalue weighted by Gasteiger charge is -2.17. The molecule has 0 saturated heterocycles. The molecule has 0 aromatic heterocycles. The van der Waals surface area contributed by atoms with Crippen molar-refractivity contribution in [3.8, 4) is 5.75 Å². The number of methoxy groups -OCH3 is 1. The fourth-order valence-electron chi connectivity index (χ4n) is 1.56. The molecule has 0 saturated carbocycles. The maximum atomic E-state index is 5.26. The molecule has 1 atom stereocenters. The highest BCUT2D eigenvalue weighted by atomic mass is 16.5. The van der Waals surface area contributed by atoms with Crippen molar-refractivity contribution in [1.82, 2.24) is 5.32 Å². The van der Waals surface area contributed by atoms with Gasteiger partial charge in [-0.25, -0.2) is 0 Å². The first kappa shape index (κ1) is 13.0. The van der Waals surface area contributed by atoms with E-state index in [9.17, 15) is 0 Å². The summed E-state index contributed by atoms with van der Waals surface area (Å²) >= 11 is 0. The number of ether oxygens (including phenoxy) is 1. The van der Waals surface area contributed by atoms with Crippen LogP contribution in [0.3, 0.4) is 0 Å². The van der Waals surface area contributed by atoms with Crippen molar-refractivity contribution in [2.75, 3.05) is 7.11 Å². The van der Waals surface area contributed by atoms with Crippen LogP contribution < -0.4 is 10.1 Å². The van der Waals surface area contributed by atoms with Gasteiger partial charge in [-0.05, 0) is 43.0 Å². The van der Waals surface area contributed by atoms with Gasteiger partial charge in [0.1, 0.15) is 5.75 Å². The van der Waals surface area contributed by atoms with Crippen LogP contribution in [0.15, 0.2) is 18.2 Å². The molecule has 16 heavy (non-hydrogen) atoms. The van der Waals surface area contributed by atoms with Crippen LogP contribution in [0.2, 0.25) is 0 Å². The minimum absolute atomic E-state index is 0.534. The summed E-state index contributed by atoms with van der Waals surface area (Å²) < 4.78 is 5.26. The van der Waals surface area contributed by atoms with Crippen molar-refractivity contribution in [3.63, 3.8) is 0 Å². The monoisotopic (exact) mass is 221 g/mol.